The van der Waals surface area contributed by atoms with Crippen LogP contribution in [0.5, 0.6) is 0 Å². The SMILES string of the molecule is O=C1OC(=O)C2C1CC=CC2S(=O)(=O)c1cccc([N+](=O)[O-])c1. The molecule has 0 aromatic heterocycles. The summed E-state index contributed by atoms with van der Waals surface area (Å²) in [5.41, 5.74) is -0.368. The summed E-state index contributed by atoms with van der Waals surface area (Å²) in [5.74, 6) is -3.55. The molecule has 0 N–H and O–H groups in total. The Labute approximate surface area is 130 Å². The number of allylic oxidation sites excluding steroid dienone is 1. The molecule has 0 amide bonds. The van der Waals surface area contributed by atoms with E-state index in [2.05, 4.69) is 4.74 Å². The van der Waals surface area contributed by atoms with Crippen LogP contribution in [0.2, 0.25) is 0 Å². The van der Waals surface area contributed by atoms with Crippen LogP contribution in [0.15, 0.2) is 41.3 Å². The molecule has 2 aliphatic rings. The fourth-order valence-electron chi connectivity index (χ4n) is 2.87. The van der Waals surface area contributed by atoms with Gasteiger partial charge in [-0.3, -0.25) is 19.7 Å². The smallest absolute Gasteiger partial charge is 0.319 e. The third-order valence-electron chi connectivity index (χ3n) is 3.99. The molecule has 120 valence electrons. The lowest BCUT2D eigenvalue weighted by molar-refractivity contribution is -0.385. The fraction of sp³-hybridized carbons (Fsp3) is 0.286. The molecule has 0 saturated carbocycles. The number of sulfone groups is 1. The maximum absolute atomic E-state index is 12.8. The molecule has 9 heteroatoms. The number of ether oxygens (including phenoxy) is 1. The lowest BCUT2D eigenvalue weighted by Gasteiger charge is -2.24. The number of hydrogen-bond acceptors (Lipinski definition) is 7. The molecule has 1 fully saturated rings. The summed E-state index contributed by atoms with van der Waals surface area (Å²) in [7, 11) is -4.07. The number of benzene rings is 1. The second kappa shape index (κ2) is 5.27. The number of nitro benzene ring substituents is 1. The molecule has 0 spiro atoms. The van der Waals surface area contributed by atoms with Crippen molar-refractivity contribution in [2.24, 2.45) is 11.8 Å². The first-order valence-corrected chi connectivity index (χ1v) is 8.27. The van der Waals surface area contributed by atoms with Gasteiger partial charge in [0.05, 0.1) is 26.9 Å². The molecule has 0 radical (unpaired) electrons. The van der Waals surface area contributed by atoms with Crippen LogP contribution in [0.25, 0.3) is 0 Å². The van der Waals surface area contributed by atoms with E-state index in [-0.39, 0.29) is 17.0 Å². The first-order chi connectivity index (χ1) is 10.8. The van der Waals surface area contributed by atoms with Crippen molar-refractivity contribution in [1.29, 1.82) is 0 Å². The quantitative estimate of drug-likeness (QED) is 0.265. The topological polar surface area (TPSA) is 121 Å². The van der Waals surface area contributed by atoms with Gasteiger partial charge in [0.1, 0.15) is 0 Å². The highest BCUT2D eigenvalue weighted by Crippen LogP contribution is 2.39. The molecular weight excluding hydrogens is 326 g/mol. The van der Waals surface area contributed by atoms with Gasteiger partial charge in [0, 0.05) is 12.1 Å². The normalized spacial score (nSPS) is 26.7. The minimum absolute atomic E-state index is 0.232. The van der Waals surface area contributed by atoms with E-state index < -0.39 is 43.8 Å². The van der Waals surface area contributed by atoms with Gasteiger partial charge in [-0.15, -0.1) is 0 Å². The zero-order valence-corrected chi connectivity index (χ0v) is 12.4. The van der Waals surface area contributed by atoms with Gasteiger partial charge in [-0.1, -0.05) is 18.2 Å². The van der Waals surface area contributed by atoms with Crippen LogP contribution in [-0.4, -0.2) is 30.5 Å². The van der Waals surface area contributed by atoms with Gasteiger partial charge in [0.25, 0.3) is 5.69 Å². The van der Waals surface area contributed by atoms with Crippen LogP contribution in [-0.2, 0) is 24.2 Å². The first kappa shape index (κ1) is 15.3. The number of cyclic esters (lactones) is 2. The monoisotopic (exact) mass is 337 g/mol. The van der Waals surface area contributed by atoms with Crippen molar-refractivity contribution in [2.45, 2.75) is 16.6 Å². The van der Waals surface area contributed by atoms with Crippen LogP contribution in [0, 0.1) is 22.0 Å². The van der Waals surface area contributed by atoms with Crippen molar-refractivity contribution in [2.75, 3.05) is 0 Å². The lowest BCUT2D eigenvalue weighted by Crippen LogP contribution is -2.37. The van der Waals surface area contributed by atoms with Crippen molar-refractivity contribution < 1.29 is 27.7 Å². The summed E-state index contributed by atoms with van der Waals surface area (Å²) in [6.07, 6.45) is 3.09. The average molecular weight is 337 g/mol. The van der Waals surface area contributed by atoms with Gasteiger partial charge in [-0.05, 0) is 12.5 Å². The van der Waals surface area contributed by atoms with Crippen molar-refractivity contribution in [3.63, 3.8) is 0 Å². The highest BCUT2D eigenvalue weighted by Gasteiger charge is 2.52. The van der Waals surface area contributed by atoms with Crippen molar-refractivity contribution in [3.8, 4) is 0 Å². The molecule has 1 aromatic carbocycles. The van der Waals surface area contributed by atoms with Gasteiger partial charge in [-0.25, -0.2) is 8.42 Å². The number of hydrogen-bond donors (Lipinski definition) is 0. The van der Waals surface area contributed by atoms with E-state index in [1.807, 2.05) is 0 Å². The summed E-state index contributed by atoms with van der Waals surface area (Å²) in [6.45, 7) is 0. The number of esters is 2. The molecule has 1 saturated heterocycles. The van der Waals surface area contributed by atoms with Crippen molar-refractivity contribution in [1.82, 2.24) is 0 Å². The van der Waals surface area contributed by atoms with Crippen LogP contribution >= 0.6 is 0 Å². The average Bonchev–Trinajstić information content (AvgIpc) is 2.82. The Kier molecular flexibility index (Phi) is 3.52. The van der Waals surface area contributed by atoms with E-state index in [9.17, 15) is 28.1 Å². The maximum Gasteiger partial charge on any atom is 0.319 e. The largest absolute Gasteiger partial charge is 0.393 e. The molecule has 3 unspecified atom stereocenters. The molecule has 3 atom stereocenters. The molecular formula is C14H11NO7S. The minimum Gasteiger partial charge on any atom is -0.393 e. The molecule has 1 heterocycles. The van der Waals surface area contributed by atoms with E-state index in [0.717, 1.165) is 6.07 Å². The molecule has 23 heavy (non-hydrogen) atoms. The summed E-state index contributed by atoms with van der Waals surface area (Å²) < 4.78 is 30.1. The standard InChI is InChI=1S/C14H11NO7S/c16-13-10-5-2-6-11(12(10)14(17)22-13)23(20,21)9-4-1-3-8(7-9)15(18)19/h1-4,6-7,10-12H,5H2. The van der Waals surface area contributed by atoms with Crippen LogP contribution in [0.3, 0.4) is 0 Å². The molecule has 8 nitrogen and oxygen atoms in total. The second-order valence-corrected chi connectivity index (χ2v) is 7.41. The molecule has 3 rings (SSSR count). The number of rotatable bonds is 3. The Morgan fingerprint density at radius 2 is 1.96 bits per heavy atom. The van der Waals surface area contributed by atoms with Gasteiger partial charge in [0.2, 0.25) is 0 Å². The predicted molar refractivity (Wildman–Crippen MR) is 75.9 cm³/mol. The number of nitro groups is 1. The van der Waals surface area contributed by atoms with E-state index >= 15 is 0 Å². The van der Waals surface area contributed by atoms with Crippen LogP contribution < -0.4 is 0 Å². The molecule has 1 aliphatic carbocycles. The minimum atomic E-state index is -4.07. The highest BCUT2D eigenvalue weighted by molar-refractivity contribution is 7.92. The predicted octanol–water partition coefficient (Wildman–Crippen LogP) is 1.01. The molecule has 0 bridgehead atoms. The fourth-order valence-corrected chi connectivity index (χ4v) is 4.74. The number of carbonyl (C=O) groups excluding carboxylic acids is 2. The third-order valence-corrected chi connectivity index (χ3v) is 6.07. The summed E-state index contributed by atoms with van der Waals surface area (Å²) in [4.78, 5) is 33.3. The zero-order valence-electron chi connectivity index (χ0n) is 11.6. The van der Waals surface area contributed by atoms with E-state index in [1.165, 1.54) is 30.4 Å². The number of nitrogens with zero attached hydrogens (tertiary/aromatic N) is 1. The Hall–Kier alpha value is -2.55. The highest BCUT2D eigenvalue weighted by atomic mass is 32.2. The van der Waals surface area contributed by atoms with E-state index in [0.29, 0.717) is 0 Å². The number of carbonyl (C=O) groups is 2. The van der Waals surface area contributed by atoms with Crippen molar-refractivity contribution in [3.05, 3.63) is 46.5 Å². The summed E-state index contributed by atoms with van der Waals surface area (Å²) in [6, 6.07) is 4.59. The first-order valence-electron chi connectivity index (χ1n) is 6.73. The Balaban J connectivity index is 2.06. The van der Waals surface area contributed by atoms with Crippen LogP contribution in [0.4, 0.5) is 5.69 Å². The Morgan fingerprint density at radius 3 is 2.65 bits per heavy atom. The lowest BCUT2D eigenvalue weighted by atomic mass is 9.85. The third kappa shape index (κ3) is 2.42. The maximum atomic E-state index is 12.8. The second-order valence-electron chi connectivity index (χ2n) is 5.30. The number of fused-ring (bicyclic) bond motifs is 1. The molecule has 1 aromatic rings. The van der Waals surface area contributed by atoms with E-state index in [1.54, 1.807) is 0 Å². The number of non-ortho nitro benzene ring substituents is 1. The Morgan fingerprint density at radius 1 is 1.22 bits per heavy atom. The van der Waals surface area contributed by atoms with Gasteiger partial charge in [-0.2, -0.15) is 0 Å². The summed E-state index contributed by atoms with van der Waals surface area (Å²) in [5, 5.41) is 9.54. The van der Waals surface area contributed by atoms with Crippen molar-refractivity contribution >= 4 is 27.5 Å². The zero-order chi connectivity index (χ0) is 16.8. The molecule has 1 aliphatic heterocycles. The van der Waals surface area contributed by atoms with Crippen LogP contribution in [0.1, 0.15) is 6.42 Å². The summed E-state index contributed by atoms with van der Waals surface area (Å²) >= 11 is 0. The van der Waals surface area contributed by atoms with Gasteiger partial charge in [0.15, 0.2) is 9.84 Å². The van der Waals surface area contributed by atoms with Gasteiger partial charge >= 0.3 is 11.9 Å². The Bertz CT molecular complexity index is 842. The van der Waals surface area contributed by atoms with E-state index in [4.69, 9.17) is 0 Å². The van der Waals surface area contributed by atoms with Gasteiger partial charge < -0.3 is 4.74 Å².